The Morgan fingerprint density at radius 1 is 1.24 bits per heavy atom. The molecule has 1 rings (SSSR count). The number of methoxy groups -OCH3 is 1. The SMILES string of the molecule is CCN(CCCNC(C)(C)C)[C@@H](C)c1ccccc1OC. The smallest absolute Gasteiger partial charge is 0.123 e. The third kappa shape index (κ3) is 6.06. The van der Waals surface area contributed by atoms with Crippen molar-refractivity contribution in [3.8, 4) is 5.75 Å². The molecule has 3 nitrogen and oxygen atoms in total. The Kier molecular flexibility index (Phi) is 7.20. The van der Waals surface area contributed by atoms with Crippen LogP contribution in [-0.2, 0) is 0 Å². The van der Waals surface area contributed by atoms with Crippen molar-refractivity contribution in [3.63, 3.8) is 0 Å². The fourth-order valence-corrected chi connectivity index (χ4v) is 2.58. The largest absolute Gasteiger partial charge is 0.496 e. The Labute approximate surface area is 130 Å². The third-order valence-electron chi connectivity index (χ3n) is 3.82. The summed E-state index contributed by atoms with van der Waals surface area (Å²) in [5.74, 6) is 0.983. The zero-order valence-corrected chi connectivity index (χ0v) is 14.6. The zero-order chi connectivity index (χ0) is 15.9. The van der Waals surface area contributed by atoms with E-state index < -0.39 is 0 Å². The number of hydrogen-bond acceptors (Lipinski definition) is 3. The van der Waals surface area contributed by atoms with Crippen molar-refractivity contribution in [1.29, 1.82) is 0 Å². The molecule has 0 radical (unpaired) electrons. The first-order valence-corrected chi connectivity index (χ1v) is 8.01. The molecule has 0 aliphatic rings. The van der Waals surface area contributed by atoms with Crippen molar-refractivity contribution in [1.82, 2.24) is 10.2 Å². The number of benzene rings is 1. The molecule has 0 spiro atoms. The van der Waals surface area contributed by atoms with E-state index in [1.165, 1.54) is 5.56 Å². The minimum atomic E-state index is 0.200. The van der Waals surface area contributed by atoms with Crippen molar-refractivity contribution in [2.75, 3.05) is 26.7 Å². The van der Waals surface area contributed by atoms with Crippen LogP contribution in [0.3, 0.4) is 0 Å². The quantitative estimate of drug-likeness (QED) is 0.736. The second-order valence-electron chi connectivity index (χ2n) is 6.58. The summed E-state index contributed by atoms with van der Waals surface area (Å²) in [5.41, 5.74) is 1.47. The summed E-state index contributed by atoms with van der Waals surface area (Å²) in [5, 5.41) is 3.55. The molecular weight excluding hydrogens is 260 g/mol. The van der Waals surface area contributed by atoms with Gasteiger partial charge < -0.3 is 10.1 Å². The maximum atomic E-state index is 5.49. The van der Waals surface area contributed by atoms with Gasteiger partial charge in [-0.15, -0.1) is 0 Å². The molecule has 0 aliphatic heterocycles. The summed E-state index contributed by atoms with van der Waals surface area (Å²) in [6.45, 7) is 14.3. The average molecular weight is 292 g/mol. The van der Waals surface area contributed by atoms with Gasteiger partial charge in [0.25, 0.3) is 0 Å². The van der Waals surface area contributed by atoms with Gasteiger partial charge in [-0.2, -0.15) is 0 Å². The van der Waals surface area contributed by atoms with Crippen molar-refractivity contribution in [2.24, 2.45) is 0 Å². The highest BCUT2D eigenvalue weighted by atomic mass is 16.5. The van der Waals surface area contributed by atoms with Gasteiger partial charge in [0.1, 0.15) is 5.75 Å². The van der Waals surface area contributed by atoms with Gasteiger partial charge >= 0.3 is 0 Å². The number of rotatable bonds is 8. The van der Waals surface area contributed by atoms with Gasteiger partial charge in [0.2, 0.25) is 0 Å². The van der Waals surface area contributed by atoms with Gasteiger partial charge in [-0.25, -0.2) is 0 Å². The fourth-order valence-electron chi connectivity index (χ4n) is 2.58. The van der Waals surface area contributed by atoms with Gasteiger partial charge in [0.05, 0.1) is 7.11 Å². The summed E-state index contributed by atoms with van der Waals surface area (Å²) < 4.78 is 5.49. The normalized spacial score (nSPS) is 13.5. The lowest BCUT2D eigenvalue weighted by atomic mass is 10.1. The van der Waals surface area contributed by atoms with Crippen molar-refractivity contribution >= 4 is 0 Å². The maximum Gasteiger partial charge on any atom is 0.123 e. The standard InChI is InChI=1S/C18H32N2O/c1-7-20(14-10-13-19-18(3,4)5)15(2)16-11-8-9-12-17(16)21-6/h8-9,11-12,15,19H,7,10,13-14H2,1-6H3/t15-/m0/s1. The zero-order valence-electron chi connectivity index (χ0n) is 14.6. The molecule has 21 heavy (non-hydrogen) atoms. The second kappa shape index (κ2) is 8.40. The molecule has 0 saturated carbocycles. The Morgan fingerprint density at radius 3 is 2.48 bits per heavy atom. The predicted molar refractivity (Wildman–Crippen MR) is 91.0 cm³/mol. The Morgan fingerprint density at radius 2 is 1.90 bits per heavy atom. The molecule has 0 fully saturated rings. The van der Waals surface area contributed by atoms with Crippen molar-refractivity contribution in [3.05, 3.63) is 29.8 Å². The van der Waals surface area contributed by atoms with E-state index in [9.17, 15) is 0 Å². The van der Waals surface area contributed by atoms with E-state index in [1.807, 2.05) is 12.1 Å². The summed E-state index contributed by atoms with van der Waals surface area (Å²) in [6, 6.07) is 8.70. The predicted octanol–water partition coefficient (Wildman–Crippen LogP) is 3.86. The Hall–Kier alpha value is -1.06. The molecule has 0 aliphatic carbocycles. The number of hydrogen-bond donors (Lipinski definition) is 1. The number of nitrogens with zero attached hydrogens (tertiary/aromatic N) is 1. The molecule has 0 bridgehead atoms. The van der Waals surface area contributed by atoms with E-state index in [-0.39, 0.29) is 5.54 Å². The lowest BCUT2D eigenvalue weighted by Gasteiger charge is -2.30. The van der Waals surface area contributed by atoms with Gasteiger partial charge in [-0.1, -0.05) is 25.1 Å². The first-order chi connectivity index (χ1) is 9.89. The molecule has 1 aromatic carbocycles. The lowest BCUT2D eigenvalue weighted by molar-refractivity contribution is 0.212. The van der Waals surface area contributed by atoms with E-state index >= 15 is 0 Å². The molecule has 1 N–H and O–H groups in total. The first kappa shape index (κ1) is 18.0. The van der Waals surface area contributed by atoms with Crippen LogP contribution in [-0.4, -0.2) is 37.2 Å². The molecule has 0 heterocycles. The molecule has 0 amide bonds. The van der Waals surface area contributed by atoms with Gasteiger partial charge in [-0.3, -0.25) is 4.90 Å². The molecule has 0 saturated heterocycles. The minimum Gasteiger partial charge on any atom is -0.496 e. The van der Waals surface area contributed by atoms with E-state index in [1.54, 1.807) is 7.11 Å². The van der Waals surface area contributed by atoms with Gasteiger partial charge in [0.15, 0.2) is 0 Å². The van der Waals surface area contributed by atoms with Crippen LogP contribution in [0.5, 0.6) is 5.75 Å². The minimum absolute atomic E-state index is 0.200. The second-order valence-corrected chi connectivity index (χ2v) is 6.58. The monoisotopic (exact) mass is 292 g/mol. The van der Waals surface area contributed by atoms with E-state index in [0.717, 1.165) is 31.8 Å². The molecule has 1 aromatic rings. The van der Waals surface area contributed by atoms with Crippen LogP contribution >= 0.6 is 0 Å². The van der Waals surface area contributed by atoms with Crippen LogP contribution in [0.25, 0.3) is 0 Å². The summed E-state index contributed by atoms with van der Waals surface area (Å²) in [7, 11) is 1.75. The van der Waals surface area contributed by atoms with Crippen molar-refractivity contribution in [2.45, 2.75) is 52.6 Å². The third-order valence-corrected chi connectivity index (χ3v) is 3.82. The fraction of sp³-hybridized carbons (Fsp3) is 0.667. The summed E-state index contributed by atoms with van der Waals surface area (Å²) in [6.07, 6.45) is 1.16. The summed E-state index contributed by atoms with van der Waals surface area (Å²) in [4.78, 5) is 2.50. The van der Waals surface area contributed by atoms with Crippen LogP contribution < -0.4 is 10.1 Å². The number of nitrogens with one attached hydrogen (secondary N) is 1. The molecule has 1 atom stereocenters. The Bertz CT molecular complexity index is 412. The maximum absolute atomic E-state index is 5.49. The molecule has 120 valence electrons. The highest BCUT2D eigenvalue weighted by molar-refractivity contribution is 5.35. The van der Waals surface area contributed by atoms with E-state index in [0.29, 0.717) is 6.04 Å². The van der Waals surface area contributed by atoms with Crippen LogP contribution in [0.4, 0.5) is 0 Å². The topological polar surface area (TPSA) is 24.5 Å². The molecular formula is C18H32N2O. The number of ether oxygens (including phenoxy) is 1. The lowest BCUT2D eigenvalue weighted by Crippen LogP contribution is -2.38. The van der Waals surface area contributed by atoms with Crippen LogP contribution in [0.1, 0.15) is 52.6 Å². The first-order valence-electron chi connectivity index (χ1n) is 8.01. The van der Waals surface area contributed by atoms with Crippen LogP contribution in [0.2, 0.25) is 0 Å². The van der Waals surface area contributed by atoms with Gasteiger partial charge in [0, 0.05) is 17.1 Å². The van der Waals surface area contributed by atoms with Crippen LogP contribution in [0.15, 0.2) is 24.3 Å². The van der Waals surface area contributed by atoms with Crippen LogP contribution in [0, 0.1) is 0 Å². The van der Waals surface area contributed by atoms with Crippen molar-refractivity contribution < 1.29 is 4.74 Å². The molecule has 0 aromatic heterocycles. The highest BCUT2D eigenvalue weighted by Gasteiger charge is 2.17. The van der Waals surface area contributed by atoms with E-state index in [4.69, 9.17) is 4.74 Å². The van der Waals surface area contributed by atoms with E-state index in [2.05, 4.69) is 57.0 Å². The average Bonchev–Trinajstić information content (AvgIpc) is 2.45. The summed E-state index contributed by atoms with van der Waals surface area (Å²) >= 11 is 0. The molecule has 0 unspecified atom stereocenters. The number of para-hydroxylation sites is 1. The molecule has 3 heteroatoms. The van der Waals surface area contributed by atoms with Gasteiger partial charge in [-0.05, 0) is 59.8 Å². The highest BCUT2D eigenvalue weighted by Crippen LogP contribution is 2.28. The Balaban J connectivity index is 2.58.